The molecule has 0 aliphatic carbocycles. The first-order chi connectivity index (χ1) is 11.5. The van der Waals surface area contributed by atoms with Crippen LogP contribution in [0.3, 0.4) is 0 Å². The van der Waals surface area contributed by atoms with Crippen molar-refractivity contribution in [2.75, 3.05) is 5.75 Å². The summed E-state index contributed by atoms with van der Waals surface area (Å²) < 4.78 is 31.6. The van der Waals surface area contributed by atoms with E-state index < -0.39 is 15.8 Å². The highest BCUT2D eigenvalue weighted by molar-refractivity contribution is 7.86. The molecule has 0 amide bonds. The van der Waals surface area contributed by atoms with Crippen molar-refractivity contribution in [3.63, 3.8) is 0 Å². The fraction of sp³-hybridized carbons (Fsp3) is 0.235. The van der Waals surface area contributed by atoms with E-state index >= 15 is 0 Å². The molecule has 2 aromatic carbocycles. The maximum atomic E-state index is 12.8. The van der Waals surface area contributed by atoms with Crippen LogP contribution in [0, 0.1) is 0 Å². The van der Waals surface area contributed by atoms with Gasteiger partial charge in [0.05, 0.1) is 17.0 Å². The van der Waals surface area contributed by atoms with Crippen LogP contribution in [0.1, 0.15) is 19.8 Å². The molecule has 0 spiro atoms. The second kappa shape index (κ2) is 6.52. The highest BCUT2D eigenvalue weighted by Gasteiger charge is 2.20. The van der Waals surface area contributed by atoms with Gasteiger partial charge in [-0.1, -0.05) is 43.7 Å². The lowest BCUT2D eigenvalue weighted by atomic mass is 10.3. The van der Waals surface area contributed by atoms with Gasteiger partial charge in [-0.15, -0.1) is 4.73 Å². The largest absolute Gasteiger partial charge is 0.368 e. The molecule has 3 rings (SSSR count). The van der Waals surface area contributed by atoms with Crippen molar-refractivity contribution >= 4 is 21.2 Å². The molecular formula is C17H18N2O4S. The van der Waals surface area contributed by atoms with Crippen LogP contribution in [0.5, 0.6) is 0 Å². The summed E-state index contributed by atoms with van der Waals surface area (Å²) >= 11 is 0. The zero-order valence-corrected chi connectivity index (χ0v) is 14.1. The summed E-state index contributed by atoms with van der Waals surface area (Å²) in [5, 5.41) is 0. The third-order valence-electron chi connectivity index (χ3n) is 3.66. The Labute approximate surface area is 140 Å². The summed E-state index contributed by atoms with van der Waals surface area (Å²) in [6, 6.07) is 16.0. The molecule has 0 radical (unpaired) electrons. The van der Waals surface area contributed by atoms with Crippen molar-refractivity contribution in [2.24, 2.45) is 0 Å². The molecule has 0 aliphatic heterocycles. The van der Waals surface area contributed by atoms with E-state index in [0.29, 0.717) is 23.1 Å². The molecule has 0 saturated heterocycles. The van der Waals surface area contributed by atoms with E-state index in [0.717, 1.165) is 11.2 Å². The molecule has 126 valence electrons. The van der Waals surface area contributed by atoms with Gasteiger partial charge in [0.2, 0.25) is 0 Å². The van der Waals surface area contributed by atoms with Crippen molar-refractivity contribution in [3.8, 4) is 5.69 Å². The Morgan fingerprint density at radius 2 is 1.58 bits per heavy atom. The summed E-state index contributed by atoms with van der Waals surface area (Å²) in [4.78, 5) is 12.8. The summed E-state index contributed by atoms with van der Waals surface area (Å²) in [6.07, 6.45) is 1.21. The number of fused-ring (bicyclic) bond motifs is 1. The Kier molecular flexibility index (Phi) is 4.44. The van der Waals surface area contributed by atoms with E-state index in [1.54, 1.807) is 36.4 Å². The quantitative estimate of drug-likeness (QED) is 0.687. The maximum absolute atomic E-state index is 12.8. The second-order valence-electron chi connectivity index (χ2n) is 5.43. The van der Waals surface area contributed by atoms with E-state index in [2.05, 4.69) is 0 Å². The third kappa shape index (κ3) is 3.07. The molecule has 0 aliphatic rings. The van der Waals surface area contributed by atoms with Gasteiger partial charge in [-0.3, -0.25) is 8.85 Å². The Balaban J connectivity index is 2.17. The number of hydrogen-bond acceptors (Lipinski definition) is 4. The van der Waals surface area contributed by atoms with E-state index in [9.17, 15) is 13.2 Å². The molecular weight excluding hydrogens is 328 g/mol. The Morgan fingerprint density at radius 1 is 0.958 bits per heavy atom. The molecule has 3 aromatic rings. The summed E-state index contributed by atoms with van der Waals surface area (Å²) in [5.74, 6) is -0.124. The van der Waals surface area contributed by atoms with Gasteiger partial charge in [-0.05, 0) is 30.7 Å². The summed E-state index contributed by atoms with van der Waals surface area (Å²) in [6.45, 7) is 1.89. The molecule has 0 atom stereocenters. The second-order valence-corrected chi connectivity index (χ2v) is 7.10. The molecule has 1 aromatic heterocycles. The first-order valence-electron chi connectivity index (χ1n) is 7.74. The maximum Gasteiger partial charge on any atom is 0.368 e. The molecule has 1 heterocycles. The molecule has 6 nitrogen and oxygen atoms in total. The number of rotatable bonds is 6. The lowest BCUT2D eigenvalue weighted by Gasteiger charge is -2.06. The number of hydrogen-bond donors (Lipinski definition) is 0. The molecule has 0 fully saturated rings. The number of benzene rings is 2. The fourth-order valence-electron chi connectivity index (χ4n) is 2.49. The van der Waals surface area contributed by atoms with Gasteiger partial charge in [0.15, 0.2) is 0 Å². The SMILES string of the molecule is CCCCS(=O)(=O)On1c(=O)n(-c2ccccc2)c2ccccc21. The van der Waals surface area contributed by atoms with Gasteiger partial charge >= 0.3 is 15.8 Å². The monoisotopic (exact) mass is 346 g/mol. The zero-order chi connectivity index (χ0) is 17.2. The molecule has 24 heavy (non-hydrogen) atoms. The smallest absolute Gasteiger partial charge is 0.282 e. The first kappa shape index (κ1) is 16.3. The number of unbranched alkanes of at least 4 members (excludes halogenated alkanes) is 1. The number of para-hydroxylation sites is 3. The fourth-order valence-corrected chi connectivity index (χ4v) is 3.58. The predicted molar refractivity (Wildman–Crippen MR) is 92.8 cm³/mol. The predicted octanol–water partition coefficient (Wildman–Crippen LogP) is 2.35. The molecule has 0 N–H and O–H groups in total. The van der Waals surface area contributed by atoms with Crippen molar-refractivity contribution in [2.45, 2.75) is 19.8 Å². The topological polar surface area (TPSA) is 70.3 Å². The minimum Gasteiger partial charge on any atom is -0.282 e. The Bertz CT molecular complexity index is 1000. The van der Waals surface area contributed by atoms with Crippen molar-refractivity contribution in [1.82, 2.24) is 9.30 Å². The van der Waals surface area contributed by atoms with Gasteiger partial charge in [-0.2, -0.15) is 8.42 Å². The van der Waals surface area contributed by atoms with Crippen molar-refractivity contribution in [1.29, 1.82) is 0 Å². The van der Waals surface area contributed by atoms with Crippen LogP contribution in [0.2, 0.25) is 0 Å². The van der Waals surface area contributed by atoms with Crippen molar-refractivity contribution in [3.05, 3.63) is 65.1 Å². The van der Waals surface area contributed by atoms with Gasteiger partial charge in [0, 0.05) is 0 Å². The highest BCUT2D eigenvalue weighted by atomic mass is 32.2. The minimum atomic E-state index is -3.83. The normalized spacial score (nSPS) is 11.7. The van der Waals surface area contributed by atoms with Crippen LogP contribution in [0.4, 0.5) is 0 Å². The highest BCUT2D eigenvalue weighted by Crippen LogP contribution is 2.17. The first-order valence-corrected chi connectivity index (χ1v) is 9.32. The number of nitrogens with zero attached hydrogens (tertiary/aromatic N) is 2. The number of aromatic nitrogens is 2. The lowest BCUT2D eigenvalue weighted by molar-refractivity contribution is 0.278. The van der Waals surface area contributed by atoms with Gasteiger partial charge in [-0.25, -0.2) is 4.79 Å². The molecule has 7 heteroatoms. The van der Waals surface area contributed by atoms with Crippen LogP contribution in [-0.4, -0.2) is 23.5 Å². The van der Waals surface area contributed by atoms with Crippen LogP contribution < -0.4 is 9.97 Å². The van der Waals surface area contributed by atoms with Gasteiger partial charge in [0.1, 0.15) is 5.52 Å². The van der Waals surface area contributed by atoms with Crippen LogP contribution in [-0.2, 0) is 10.1 Å². The summed E-state index contributed by atoms with van der Waals surface area (Å²) in [5.41, 5.74) is 1.08. The average molecular weight is 346 g/mol. The summed E-state index contributed by atoms with van der Waals surface area (Å²) in [7, 11) is -3.83. The van der Waals surface area contributed by atoms with Gasteiger partial charge in [0.25, 0.3) is 0 Å². The zero-order valence-electron chi connectivity index (χ0n) is 13.3. The van der Waals surface area contributed by atoms with E-state index in [1.807, 2.05) is 25.1 Å². The molecule has 0 unspecified atom stereocenters. The van der Waals surface area contributed by atoms with Crippen LogP contribution >= 0.6 is 0 Å². The molecule has 0 saturated carbocycles. The van der Waals surface area contributed by atoms with E-state index in [4.69, 9.17) is 4.28 Å². The van der Waals surface area contributed by atoms with Crippen molar-refractivity contribution < 1.29 is 12.7 Å². The Morgan fingerprint density at radius 3 is 2.25 bits per heavy atom. The Hall–Kier alpha value is -2.54. The van der Waals surface area contributed by atoms with E-state index in [1.165, 1.54) is 4.57 Å². The third-order valence-corrected chi connectivity index (χ3v) is 4.82. The number of imidazole rings is 1. The minimum absolute atomic E-state index is 0.124. The van der Waals surface area contributed by atoms with Crippen LogP contribution in [0.25, 0.3) is 16.7 Å². The van der Waals surface area contributed by atoms with Crippen LogP contribution in [0.15, 0.2) is 59.4 Å². The molecule has 0 bridgehead atoms. The standard InChI is InChI=1S/C17H18N2O4S/c1-2-3-13-24(21,22)23-19-16-12-8-7-11-15(16)18(17(19)20)14-9-5-4-6-10-14/h4-12H,2-3,13H2,1H3. The average Bonchev–Trinajstić information content (AvgIpc) is 2.86. The lowest BCUT2D eigenvalue weighted by Crippen LogP contribution is -2.32. The van der Waals surface area contributed by atoms with Gasteiger partial charge < -0.3 is 0 Å². The van der Waals surface area contributed by atoms with E-state index in [-0.39, 0.29) is 5.75 Å².